The lowest BCUT2D eigenvalue weighted by atomic mass is 10.0. The van der Waals surface area contributed by atoms with E-state index in [1.165, 1.54) is 0 Å². The highest BCUT2D eigenvalue weighted by Crippen LogP contribution is 2.26. The van der Waals surface area contributed by atoms with Gasteiger partial charge in [-0.2, -0.15) is 0 Å². The summed E-state index contributed by atoms with van der Waals surface area (Å²) in [6.07, 6.45) is 2.36. The highest BCUT2D eigenvalue weighted by molar-refractivity contribution is 5.80. The van der Waals surface area contributed by atoms with Gasteiger partial charge in [0.2, 0.25) is 5.91 Å². The van der Waals surface area contributed by atoms with Crippen LogP contribution in [0.2, 0.25) is 0 Å². The smallest absolute Gasteiger partial charge is 0.249 e. The Morgan fingerprint density at radius 1 is 1.39 bits per heavy atom. The Morgan fingerprint density at radius 2 is 2.11 bits per heavy atom. The van der Waals surface area contributed by atoms with Gasteiger partial charge in [-0.1, -0.05) is 6.92 Å². The fourth-order valence-corrected chi connectivity index (χ4v) is 2.55. The molecule has 1 N–H and O–H groups in total. The van der Waals surface area contributed by atoms with Crippen LogP contribution in [0.5, 0.6) is 0 Å². The molecule has 2 aliphatic rings. The third-order valence-electron chi connectivity index (χ3n) is 3.46. The molecular weight excluding hydrogens is 234 g/mol. The minimum Gasteiger partial charge on any atom is -0.368 e. The highest BCUT2D eigenvalue weighted by atomic mass is 16.7. The van der Waals surface area contributed by atoms with Gasteiger partial charge in [-0.25, -0.2) is 0 Å². The molecule has 0 aromatic carbocycles. The molecule has 2 unspecified atom stereocenters. The van der Waals surface area contributed by atoms with Crippen molar-refractivity contribution in [2.24, 2.45) is 5.92 Å². The molecule has 2 rings (SSSR count). The van der Waals surface area contributed by atoms with E-state index in [4.69, 9.17) is 14.2 Å². The molecule has 2 atom stereocenters. The molecule has 104 valence electrons. The summed E-state index contributed by atoms with van der Waals surface area (Å²) in [4.78, 5) is 11.8. The number of ether oxygens (including phenoxy) is 3. The number of amides is 1. The van der Waals surface area contributed by atoms with E-state index >= 15 is 0 Å². The van der Waals surface area contributed by atoms with Crippen LogP contribution in [0.15, 0.2) is 0 Å². The summed E-state index contributed by atoms with van der Waals surface area (Å²) >= 11 is 0. The Bertz CT molecular complexity index is 283. The third kappa shape index (κ3) is 3.67. The van der Waals surface area contributed by atoms with E-state index in [0.29, 0.717) is 32.3 Å². The van der Waals surface area contributed by atoms with Gasteiger partial charge in [-0.3, -0.25) is 4.79 Å². The molecule has 2 aliphatic heterocycles. The second-order valence-electron chi connectivity index (χ2n) is 5.39. The number of rotatable bonds is 5. The summed E-state index contributed by atoms with van der Waals surface area (Å²) in [7, 11) is 0. The minimum atomic E-state index is -0.478. The number of carbonyl (C=O) groups excluding carboxylic acids is 1. The van der Waals surface area contributed by atoms with Crippen LogP contribution < -0.4 is 5.32 Å². The Hall–Kier alpha value is -0.650. The maximum absolute atomic E-state index is 11.8. The maximum atomic E-state index is 11.8. The molecule has 0 spiro atoms. The summed E-state index contributed by atoms with van der Waals surface area (Å²) in [6, 6.07) is 0. The first-order valence-electron chi connectivity index (χ1n) is 6.76. The first-order chi connectivity index (χ1) is 8.59. The average Bonchev–Trinajstić information content (AvgIpc) is 2.97. The predicted octanol–water partition coefficient (Wildman–Crippen LogP) is 1.07. The van der Waals surface area contributed by atoms with E-state index < -0.39 is 5.79 Å². The third-order valence-corrected chi connectivity index (χ3v) is 3.46. The fraction of sp³-hybridized carbons (Fsp3) is 0.923. The lowest BCUT2D eigenvalue weighted by Crippen LogP contribution is -2.38. The van der Waals surface area contributed by atoms with Crippen molar-refractivity contribution in [1.29, 1.82) is 0 Å². The van der Waals surface area contributed by atoms with Crippen LogP contribution in [0.1, 0.15) is 33.1 Å². The number of hydrogen-bond donors (Lipinski definition) is 1. The van der Waals surface area contributed by atoms with Crippen LogP contribution in [0, 0.1) is 5.92 Å². The molecule has 1 amide bonds. The zero-order chi connectivity index (χ0) is 13.0. The number of carbonyl (C=O) groups is 1. The molecule has 18 heavy (non-hydrogen) atoms. The molecule has 2 fully saturated rings. The normalized spacial score (nSPS) is 28.2. The standard InChI is InChI=1S/C13H23NO4/c1-10(8-13(2)17-6-7-18-13)9-14-12(15)11-4-3-5-16-11/h10-11H,3-9H2,1-2H3,(H,14,15). The average molecular weight is 257 g/mol. The van der Waals surface area contributed by atoms with Crippen LogP contribution in [0.25, 0.3) is 0 Å². The first-order valence-corrected chi connectivity index (χ1v) is 6.76. The van der Waals surface area contributed by atoms with Crippen molar-refractivity contribution < 1.29 is 19.0 Å². The Balaban J connectivity index is 1.67. The molecule has 5 heteroatoms. The summed E-state index contributed by atoms with van der Waals surface area (Å²) in [5.41, 5.74) is 0. The Morgan fingerprint density at radius 3 is 2.72 bits per heavy atom. The largest absolute Gasteiger partial charge is 0.368 e. The minimum absolute atomic E-state index is 0.0118. The SMILES string of the molecule is CC(CNC(=O)C1CCCO1)CC1(C)OCCO1. The Labute approximate surface area is 108 Å². The molecule has 0 aliphatic carbocycles. The van der Waals surface area contributed by atoms with E-state index in [1.54, 1.807) is 0 Å². The van der Waals surface area contributed by atoms with E-state index in [9.17, 15) is 4.79 Å². The summed E-state index contributed by atoms with van der Waals surface area (Å²) < 4.78 is 16.5. The topological polar surface area (TPSA) is 56.8 Å². The van der Waals surface area contributed by atoms with Crippen molar-refractivity contribution in [2.45, 2.75) is 45.0 Å². The lowest BCUT2D eigenvalue weighted by Gasteiger charge is -2.26. The van der Waals surface area contributed by atoms with Gasteiger partial charge in [0.05, 0.1) is 13.2 Å². The van der Waals surface area contributed by atoms with E-state index in [1.807, 2.05) is 6.92 Å². The van der Waals surface area contributed by atoms with Crippen LogP contribution in [0.3, 0.4) is 0 Å². The lowest BCUT2D eigenvalue weighted by molar-refractivity contribution is -0.154. The van der Waals surface area contributed by atoms with Crippen LogP contribution in [-0.4, -0.2) is 44.2 Å². The molecule has 2 saturated heterocycles. The molecule has 0 aromatic rings. The molecule has 5 nitrogen and oxygen atoms in total. The van der Waals surface area contributed by atoms with Crippen LogP contribution >= 0.6 is 0 Å². The van der Waals surface area contributed by atoms with Gasteiger partial charge in [0.1, 0.15) is 6.10 Å². The summed E-state index contributed by atoms with van der Waals surface area (Å²) in [5.74, 6) is -0.148. The van der Waals surface area contributed by atoms with Crippen molar-refractivity contribution in [3.63, 3.8) is 0 Å². The van der Waals surface area contributed by atoms with Gasteiger partial charge in [-0.15, -0.1) is 0 Å². The monoisotopic (exact) mass is 257 g/mol. The Kier molecular flexibility index (Phi) is 4.59. The van der Waals surface area contributed by atoms with E-state index in [0.717, 1.165) is 19.3 Å². The number of hydrogen-bond acceptors (Lipinski definition) is 4. The zero-order valence-corrected chi connectivity index (χ0v) is 11.2. The van der Waals surface area contributed by atoms with Gasteiger partial charge >= 0.3 is 0 Å². The molecule has 0 saturated carbocycles. The van der Waals surface area contributed by atoms with Crippen LogP contribution in [-0.2, 0) is 19.0 Å². The summed E-state index contributed by atoms with van der Waals surface area (Å²) in [6.45, 7) is 6.70. The first kappa shape index (κ1) is 13.8. The quantitative estimate of drug-likeness (QED) is 0.800. The number of nitrogens with one attached hydrogen (secondary N) is 1. The molecule has 0 bridgehead atoms. The van der Waals surface area contributed by atoms with Gasteiger partial charge in [0.25, 0.3) is 0 Å². The van der Waals surface area contributed by atoms with Gasteiger partial charge in [0, 0.05) is 19.6 Å². The maximum Gasteiger partial charge on any atom is 0.249 e. The van der Waals surface area contributed by atoms with Crippen molar-refractivity contribution in [2.75, 3.05) is 26.4 Å². The van der Waals surface area contributed by atoms with Gasteiger partial charge in [0.15, 0.2) is 5.79 Å². The highest BCUT2D eigenvalue weighted by Gasteiger charge is 2.33. The second-order valence-corrected chi connectivity index (χ2v) is 5.39. The second kappa shape index (κ2) is 5.99. The summed E-state index contributed by atoms with van der Waals surface area (Å²) in [5, 5.41) is 2.94. The molecule has 2 heterocycles. The van der Waals surface area contributed by atoms with Crippen molar-refractivity contribution in [3.05, 3.63) is 0 Å². The van der Waals surface area contributed by atoms with E-state index in [2.05, 4.69) is 12.2 Å². The van der Waals surface area contributed by atoms with Gasteiger partial charge in [-0.05, 0) is 25.7 Å². The van der Waals surface area contributed by atoms with Gasteiger partial charge < -0.3 is 19.5 Å². The molecule has 0 aromatic heterocycles. The van der Waals surface area contributed by atoms with Crippen molar-refractivity contribution in [3.8, 4) is 0 Å². The fourth-order valence-electron chi connectivity index (χ4n) is 2.55. The van der Waals surface area contributed by atoms with Crippen molar-refractivity contribution in [1.82, 2.24) is 5.32 Å². The predicted molar refractivity (Wildman–Crippen MR) is 66.1 cm³/mol. The molecular formula is C13H23NO4. The van der Waals surface area contributed by atoms with Crippen LogP contribution in [0.4, 0.5) is 0 Å². The van der Waals surface area contributed by atoms with Crippen molar-refractivity contribution >= 4 is 5.91 Å². The molecule has 0 radical (unpaired) electrons. The van der Waals surface area contributed by atoms with E-state index in [-0.39, 0.29) is 12.0 Å². The zero-order valence-electron chi connectivity index (χ0n) is 11.2.